The molecule has 0 N–H and O–H groups in total. The molecule has 0 aliphatic carbocycles. The summed E-state index contributed by atoms with van der Waals surface area (Å²) in [6, 6.07) is 4.87. The number of fused-ring (bicyclic) bond motifs is 2. The summed E-state index contributed by atoms with van der Waals surface area (Å²) in [7, 11) is 0. The number of likely N-dealkylation sites (tertiary alicyclic amines) is 1. The second kappa shape index (κ2) is 6.82. The van der Waals surface area contributed by atoms with Crippen molar-refractivity contribution in [3.8, 4) is 0 Å². The van der Waals surface area contributed by atoms with Crippen molar-refractivity contribution in [1.82, 2.24) is 9.80 Å². The third kappa shape index (κ3) is 3.02. The zero-order chi connectivity index (χ0) is 17.6. The van der Waals surface area contributed by atoms with Crippen molar-refractivity contribution in [2.24, 2.45) is 5.41 Å². The molecule has 1 aromatic heterocycles. The number of hydrogen-bond donors (Lipinski definition) is 0. The molecule has 0 spiro atoms. The third-order valence-corrected chi connectivity index (χ3v) is 7.83. The fourth-order valence-electron chi connectivity index (χ4n) is 5.29. The van der Waals surface area contributed by atoms with Gasteiger partial charge in [0.15, 0.2) is 0 Å². The van der Waals surface area contributed by atoms with E-state index in [-0.39, 0.29) is 11.3 Å². The van der Waals surface area contributed by atoms with E-state index >= 15 is 0 Å². The summed E-state index contributed by atoms with van der Waals surface area (Å²) >= 11 is 7.73. The minimum Gasteiger partial charge on any atom is -0.342 e. The molecule has 0 aromatic carbocycles. The number of hydrogen-bond acceptors (Lipinski definition) is 3. The predicted octanol–water partition coefficient (Wildman–Crippen LogP) is 4.50. The zero-order valence-electron chi connectivity index (χ0n) is 14.7. The first-order chi connectivity index (χ1) is 12.0. The van der Waals surface area contributed by atoms with Crippen LogP contribution in [0.1, 0.15) is 50.3 Å². The van der Waals surface area contributed by atoms with Crippen LogP contribution in [0.15, 0.2) is 12.1 Å². The lowest BCUT2D eigenvalue weighted by atomic mass is 9.70. The van der Waals surface area contributed by atoms with Crippen molar-refractivity contribution in [1.29, 1.82) is 0 Å². The SMILES string of the molecule is CC[C@@]1(C(=O)N2CCC(F)CC2)C[C@@H]2CC[C@H]1N2Cc1ccc(Cl)s1. The number of alkyl halides is 1. The van der Waals surface area contributed by atoms with Gasteiger partial charge in [0, 0.05) is 36.6 Å². The van der Waals surface area contributed by atoms with Crippen molar-refractivity contribution in [3.05, 3.63) is 21.3 Å². The fraction of sp³-hybridized carbons (Fsp3) is 0.737. The Morgan fingerprint density at radius 1 is 1.32 bits per heavy atom. The molecule has 1 amide bonds. The molecule has 3 aliphatic rings. The van der Waals surface area contributed by atoms with Crippen LogP contribution in [0, 0.1) is 5.41 Å². The van der Waals surface area contributed by atoms with Crippen LogP contribution in [-0.2, 0) is 11.3 Å². The first-order valence-corrected chi connectivity index (χ1v) is 10.7. The first-order valence-electron chi connectivity index (χ1n) is 9.47. The van der Waals surface area contributed by atoms with Crippen LogP contribution < -0.4 is 0 Å². The molecule has 138 valence electrons. The Labute approximate surface area is 158 Å². The summed E-state index contributed by atoms with van der Waals surface area (Å²) in [4.78, 5) is 19.2. The second-order valence-corrected chi connectivity index (χ2v) is 9.61. The molecule has 0 unspecified atom stereocenters. The second-order valence-electron chi connectivity index (χ2n) is 7.81. The predicted molar refractivity (Wildman–Crippen MR) is 99.7 cm³/mol. The third-order valence-electron chi connectivity index (χ3n) is 6.62. The first kappa shape index (κ1) is 17.7. The number of halogens is 2. The Morgan fingerprint density at radius 2 is 2.08 bits per heavy atom. The number of piperidine rings is 1. The Balaban J connectivity index is 1.53. The number of nitrogens with zero attached hydrogens (tertiary/aromatic N) is 2. The molecular weight excluding hydrogens is 359 g/mol. The maximum atomic E-state index is 13.5. The molecule has 1 aromatic rings. The molecule has 3 nitrogen and oxygen atoms in total. The molecule has 0 radical (unpaired) electrons. The Hall–Kier alpha value is -0.650. The van der Waals surface area contributed by atoms with Gasteiger partial charge in [-0.25, -0.2) is 4.39 Å². The van der Waals surface area contributed by atoms with Gasteiger partial charge in [0.1, 0.15) is 6.17 Å². The quantitative estimate of drug-likeness (QED) is 0.763. The van der Waals surface area contributed by atoms with Crippen molar-refractivity contribution < 1.29 is 9.18 Å². The van der Waals surface area contributed by atoms with E-state index in [1.807, 2.05) is 11.0 Å². The average molecular weight is 385 g/mol. The van der Waals surface area contributed by atoms with Gasteiger partial charge in [-0.1, -0.05) is 18.5 Å². The average Bonchev–Trinajstić information content (AvgIpc) is 3.29. The maximum absolute atomic E-state index is 13.5. The van der Waals surface area contributed by atoms with Crippen LogP contribution in [0.3, 0.4) is 0 Å². The van der Waals surface area contributed by atoms with Crippen LogP contribution in [0.2, 0.25) is 4.34 Å². The van der Waals surface area contributed by atoms with Crippen LogP contribution in [-0.4, -0.2) is 47.1 Å². The minimum atomic E-state index is -0.735. The van der Waals surface area contributed by atoms with E-state index < -0.39 is 6.17 Å². The van der Waals surface area contributed by atoms with E-state index in [0.717, 1.165) is 30.1 Å². The fourth-order valence-corrected chi connectivity index (χ4v) is 6.39. The van der Waals surface area contributed by atoms with E-state index in [9.17, 15) is 9.18 Å². The Bertz CT molecular complexity index is 645. The molecule has 3 aliphatic heterocycles. The lowest BCUT2D eigenvalue weighted by Crippen LogP contribution is -2.52. The molecule has 6 heteroatoms. The van der Waals surface area contributed by atoms with Crippen LogP contribution in [0.4, 0.5) is 4.39 Å². The van der Waals surface area contributed by atoms with Crippen molar-refractivity contribution in [3.63, 3.8) is 0 Å². The van der Waals surface area contributed by atoms with Gasteiger partial charge in [-0.15, -0.1) is 11.3 Å². The number of carbonyl (C=O) groups excluding carboxylic acids is 1. The highest BCUT2D eigenvalue weighted by Crippen LogP contribution is 2.53. The zero-order valence-corrected chi connectivity index (χ0v) is 16.3. The largest absolute Gasteiger partial charge is 0.342 e. The lowest BCUT2D eigenvalue weighted by Gasteiger charge is -2.41. The van der Waals surface area contributed by atoms with Gasteiger partial charge in [-0.3, -0.25) is 9.69 Å². The monoisotopic (exact) mass is 384 g/mol. The molecule has 4 heterocycles. The molecular formula is C19H26ClFN2OS. The van der Waals surface area contributed by atoms with Gasteiger partial charge in [0.05, 0.1) is 9.75 Å². The molecule has 2 bridgehead atoms. The summed E-state index contributed by atoms with van der Waals surface area (Å²) in [5, 5.41) is 0. The van der Waals surface area contributed by atoms with Crippen molar-refractivity contribution in [2.75, 3.05) is 13.1 Å². The van der Waals surface area contributed by atoms with E-state index in [1.165, 1.54) is 11.3 Å². The van der Waals surface area contributed by atoms with E-state index in [0.29, 0.717) is 38.0 Å². The van der Waals surface area contributed by atoms with Gasteiger partial charge in [-0.05, 0) is 50.7 Å². The van der Waals surface area contributed by atoms with E-state index in [4.69, 9.17) is 11.6 Å². The molecule has 3 fully saturated rings. The molecule has 3 saturated heterocycles. The number of amides is 1. The lowest BCUT2D eigenvalue weighted by molar-refractivity contribution is -0.146. The standard InChI is InChI=1S/C19H26ClFN2OS/c1-2-19(18(24)22-9-7-13(21)8-10-22)11-14-3-5-16(19)23(14)12-15-4-6-17(20)25-15/h4,6,13-14,16H,2-3,5,7-12H2,1H3/t14-,16+,19+/m0/s1. The normalized spacial score (nSPS) is 33.3. The van der Waals surface area contributed by atoms with E-state index in [2.05, 4.69) is 17.9 Å². The highest BCUT2D eigenvalue weighted by atomic mass is 35.5. The number of thiophene rings is 1. The Kier molecular flexibility index (Phi) is 4.84. The summed E-state index contributed by atoms with van der Waals surface area (Å²) < 4.78 is 14.3. The van der Waals surface area contributed by atoms with Crippen molar-refractivity contribution >= 4 is 28.8 Å². The highest BCUT2D eigenvalue weighted by molar-refractivity contribution is 7.16. The number of rotatable bonds is 4. The summed E-state index contributed by atoms with van der Waals surface area (Å²) in [5.41, 5.74) is -0.271. The van der Waals surface area contributed by atoms with Crippen LogP contribution in [0.5, 0.6) is 0 Å². The maximum Gasteiger partial charge on any atom is 0.230 e. The summed E-state index contributed by atoms with van der Waals surface area (Å²) in [6.07, 6.45) is 4.38. The topological polar surface area (TPSA) is 23.6 Å². The van der Waals surface area contributed by atoms with Crippen molar-refractivity contribution in [2.45, 2.75) is 70.2 Å². The van der Waals surface area contributed by atoms with Crippen LogP contribution in [0.25, 0.3) is 0 Å². The van der Waals surface area contributed by atoms with Gasteiger partial charge < -0.3 is 4.90 Å². The van der Waals surface area contributed by atoms with Crippen LogP contribution >= 0.6 is 22.9 Å². The molecule has 25 heavy (non-hydrogen) atoms. The highest BCUT2D eigenvalue weighted by Gasteiger charge is 2.59. The molecule has 0 saturated carbocycles. The molecule has 4 rings (SSSR count). The van der Waals surface area contributed by atoms with E-state index in [1.54, 1.807) is 11.3 Å². The Morgan fingerprint density at radius 3 is 2.72 bits per heavy atom. The summed E-state index contributed by atoms with van der Waals surface area (Å²) in [5.74, 6) is 0.281. The number of carbonyl (C=O) groups is 1. The smallest absolute Gasteiger partial charge is 0.230 e. The van der Waals surface area contributed by atoms with Gasteiger partial charge in [0.2, 0.25) is 5.91 Å². The molecule has 3 atom stereocenters. The minimum absolute atomic E-state index is 0.271. The van der Waals surface area contributed by atoms with Gasteiger partial charge in [-0.2, -0.15) is 0 Å². The van der Waals surface area contributed by atoms with Gasteiger partial charge in [0.25, 0.3) is 0 Å². The summed E-state index contributed by atoms with van der Waals surface area (Å²) in [6.45, 7) is 4.22. The van der Waals surface area contributed by atoms with Gasteiger partial charge >= 0.3 is 0 Å².